The van der Waals surface area contributed by atoms with Crippen molar-refractivity contribution < 1.29 is 9.72 Å². The molecule has 1 aliphatic heterocycles. The predicted molar refractivity (Wildman–Crippen MR) is 112 cm³/mol. The zero-order valence-corrected chi connectivity index (χ0v) is 17.6. The molecular formula is C18H18Br2N4O3. The van der Waals surface area contributed by atoms with Crippen LogP contribution < -0.4 is 10.2 Å². The fourth-order valence-electron chi connectivity index (χ4n) is 2.97. The van der Waals surface area contributed by atoms with E-state index in [-0.39, 0.29) is 18.1 Å². The number of carbonyl (C=O) groups excluding carboxylic acids is 1. The highest BCUT2D eigenvalue weighted by Gasteiger charge is 2.21. The SMILES string of the molecule is O=C(CN1CCN(c2ccccc2)CC1)Nc1c(Br)cc([N+](=O)[O-])cc1Br. The molecule has 2 aromatic carbocycles. The minimum Gasteiger partial charge on any atom is -0.369 e. The monoisotopic (exact) mass is 496 g/mol. The van der Waals surface area contributed by atoms with E-state index in [0.29, 0.717) is 14.6 Å². The highest BCUT2D eigenvalue weighted by atomic mass is 79.9. The zero-order valence-electron chi connectivity index (χ0n) is 14.4. The fourth-order valence-corrected chi connectivity index (χ4v) is 4.33. The molecular weight excluding hydrogens is 480 g/mol. The van der Waals surface area contributed by atoms with E-state index in [1.165, 1.54) is 17.8 Å². The smallest absolute Gasteiger partial charge is 0.271 e. The quantitative estimate of drug-likeness (QED) is 0.501. The van der Waals surface area contributed by atoms with Crippen LogP contribution in [0.5, 0.6) is 0 Å². The van der Waals surface area contributed by atoms with Crippen molar-refractivity contribution in [3.05, 3.63) is 61.5 Å². The summed E-state index contributed by atoms with van der Waals surface area (Å²) in [4.78, 5) is 27.2. The van der Waals surface area contributed by atoms with Crippen molar-refractivity contribution in [2.45, 2.75) is 0 Å². The Morgan fingerprint density at radius 1 is 1.07 bits per heavy atom. The minimum atomic E-state index is -0.479. The number of nitrogens with zero attached hydrogens (tertiary/aromatic N) is 3. The van der Waals surface area contributed by atoms with E-state index in [1.54, 1.807) is 0 Å². The summed E-state index contributed by atoms with van der Waals surface area (Å²) in [5.41, 5.74) is 1.64. The van der Waals surface area contributed by atoms with Crippen LogP contribution in [0.3, 0.4) is 0 Å². The minimum absolute atomic E-state index is 0.0521. The lowest BCUT2D eigenvalue weighted by Crippen LogP contribution is -2.48. The highest BCUT2D eigenvalue weighted by Crippen LogP contribution is 2.35. The van der Waals surface area contributed by atoms with Gasteiger partial charge in [0.25, 0.3) is 5.69 Å². The first kappa shape index (κ1) is 19.8. The largest absolute Gasteiger partial charge is 0.369 e. The summed E-state index contributed by atoms with van der Waals surface area (Å²) < 4.78 is 0.927. The van der Waals surface area contributed by atoms with Crippen LogP contribution in [0.4, 0.5) is 17.1 Å². The molecule has 1 amide bonds. The number of nitro benzene ring substituents is 1. The second kappa shape index (κ2) is 8.81. The lowest BCUT2D eigenvalue weighted by atomic mass is 10.2. The Morgan fingerprint density at radius 3 is 2.22 bits per heavy atom. The number of amides is 1. The maximum absolute atomic E-state index is 12.4. The van der Waals surface area contributed by atoms with E-state index in [4.69, 9.17) is 0 Å². The molecule has 9 heteroatoms. The van der Waals surface area contributed by atoms with Crippen LogP contribution in [-0.4, -0.2) is 48.5 Å². The van der Waals surface area contributed by atoms with Crippen molar-refractivity contribution in [3.63, 3.8) is 0 Å². The Morgan fingerprint density at radius 2 is 1.67 bits per heavy atom. The molecule has 0 aliphatic carbocycles. The number of nitro groups is 1. The topological polar surface area (TPSA) is 78.7 Å². The zero-order chi connectivity index (χ0) is 19.4. The number of rotatable bonds is 5. The van der Waals surface area contributed by atoms with Crippen molar-refractivity contribution in [1.29, 1.82) is 0 Å². The molecule has 27 heavy (non-hydrogen) atoms. The summed E-state index contributed by atoms with van der Waals surface area (Å²) >= 11 is 6.57. The number of hydrogen-bond donors (Lipinski definition) is 1. The van der Waals surface area contributed by atoms with Gasteiger partial charge in [0.1, 0.15) is 0 Å². The molecule has 0 bridgehead atoms. The summed E-state index contributed by atoms with van der Waals surface area (Å²) in [6, 6.07) is 13.0. The number of hydrogen-bond acceptors (Lipinski definition) is 5. The molecule has 0 saturated carbocycles. The van der Waals surface area contributed by atoms with Crippen LogP contribution in [0.2, 0.25) is 0 Å². The first-order valence-electron chi connectivity index (χ1n) is 8.39. The van der Waals surface area contributed by atoms with Gasteiger partial charge in [0.05, 0.1) is 17.2 Å². The second-order valence-corrected chi connectivity index (χ2v) is 7.90. The number of anilines is 2. The van der Waals surface area contributed by atoms with Crippen LogP contribution in [0.15, 0.2) is 51.4 Å². The number of carbonyl (C=O) groups is 1. The van der Waals surface area contributed by atoms with Gasteiger partial charge in [-0.2, -0.15) is 0 Å². The average Bonchev–Trinajstić information content (AvgIpc) is 2.66. The van der Waals surface area contributed by atoms with Gasteiger partial charge in [-0.1, -0.05) is 18.2 Å². The van der Waals surface area contributed by atoms with Gasteiger partial charge >= 0.3 is 0 Å². The Balaban J connectivity index is 1.56. The number of para-hydroxylation sites is 1. The van der Waals surface area contributed by atoms with E-state index in [0.717, 1.165) is 26.2 Å². The Hall–Kier alpha value is -1.97. The van der Waals surface area contributed by atoms with Crippen molar-refractivity contribution >= 4 is 54.8 Å². The van der Waals surface area contributed by atoms with Gasteiger partial charge in [0.2, 0.25) is 5.91 Å². The van der Waals surface area contributed by atoms with Gasteiger partial charge in [-0.25, -0.2) is 0 Å². The van der Waals surface area contributed by atoms with Gasteiger partial charge in [-0.05, 0) is 44.0 Å². The number of benzene rings is 2. The number of halogens is 2. The van der Waals surface area contributed by atoms with E-state index in [1.807, 2.05) is 18.2 Å². The summed E-state index contributed by atoms with van der Waals surface area (Å²) in [6.07, 6.45) is 0. The third kappa shape index (κ3) is 5.06. The lowest BCUT2D eigenvalue weighted by Gasteiger charge is -2.35. The van der Waals surface area contributed by atoms with Gasteiger partial charge in [-0.3, -0.25) is 19.8 Å². The van der Waals surface area contributed by atoms with Crippen molar-refractivity contribution in [1.82, 2.24) is 4.90 Å². The van der Waals surface area contributed by atoms with Crippen molar-refractivity contribution in [2.24, 2.45) is 0 Å². The molecule has 1 heterocycles. The van der Waals surface area contributed by atoms with Crippen LogP contribution in [-0.2, 0) is 4.79 Å². The first-order chi connectivity index (χ1) is 12.9. The molecule has 3 rings (SSSR count). The third-order valence-electron chi connectivity index (χ3n) is 4.36. The Kier molecular flexibility index (Phi) is 6.46. The van der Waals surface area contributed by atoms with E-state index in [9.17, 15) is 14.9 Å². The van der Waals surface area contributed by atoms with E-state index < -0.39 is 4.92 Å². The van der Waals surface area contributed by atoms with E-state index in [2.05, 4.69) is 59.1 Å². The number of nitrogens with one attached hydrogen (secondary N) is 1. The standard InChI is InChI=1S/C18H18Br2N4O3/c19-15-10-14(24(26)27)11-16(20)18(15)21-17(25)12-22-6-8-23(9-7-22)13-4-2-1-3-5-13/h1-5,10-11H,6-9,12H2,(H,21,25). The summed E-state index contributed by atoms with van der Waals surface area (Å²) in [5.74, 6) is -0.154. The summed E-state index contributed by atoms with van der Waals surface area (Å²) in [6.45, 7) is 3.60. The second-order valence-electron chi connectivity index (χ2n) is 6.19. The average molecular weight is 498 g/mol. The van der Waals surface area contributed by atoms with Gasteiger partial charge < -0.3 is 10.2 Å². The normalized spacial score (nSPS) is 14.8. The van der Waals surface area contributed by atoms with Gasteiger partial charge in [0, 0.05) is 52.9 Å². The predicted octanol–water partition coefficient (Wildman–Crippen LogP) is 3.88. The van der Waals surface area contributed by atoms with Gasteiger partial charge in [-0.15, -0.1) is 0 Å². The number of piperazine rings is 1. The molecule has 0 unspecified atom stereocenters. The molecule has 7 nitrogen and oxygen atoms in total. The molecule has 1 aliphatic rings. The van der Waals surface area contributed by atoms with Crippen LogP contribution in [0.1, 0.15) is 0 Å². The maximum Gasteiger partial charge on any atom is 0.271 e. The molecule has 1 N–H and O–H groups in total. The third-order valence-corrected chi connectivity index (χ3v) is 5.61. The Labute approximate surface area is 173 Å². The van der Waals surface area contributed by atoms with Crippen molar-refractivity contribution in [3.8, 4) is 0 Å². The maximum atomic E-state index is 12.4. The Bertz CT molecular complexity index is 817. The first-order valence-corrected chi connectivity index (χ1v) is 9.98. The van der Waals surface area contributed by atoms with Gasteiger partial charge in [0.15, 0.2) is 0 Å². The molecule has 0 atom stereocenters. The fraction of sp³-hybridized carbons (Fsp3) is 0.278. The molecule has 0 spiro atoms. The molecule has 2 aromatic rings. The molecule has 142 valence electrons. The van der Waals surface area contributed by atoms with Crippen LogP contribution in [0.25, 0.3) is 0 Å². The molecule has 0 aromatic heterocycles. The summed E-state index contributed by atoms with van der Waals surface area (Å²) in [7, 11) is 0. The lowest BCUT2D eigenvalue weighted by molar-refractivity contribution is -0.385. The number of non-ortho nitro benzene ring substituents is 1. The molecule has 1 saturated heterocycles. The highest BCUT2D eigenvalue weighted by molar-refractivity contribution is 9.11. The molecule has 0 radical (unpaired) electrons. The van der Waals surface area contributed by atoms with E-state index >= 15 is 0 Å². The van der Waals surface area contributed by atoms with Crippen molar-refractivity contribution in [2.75, 3.05) is 42.9 Å². The summed E-state index contributed by atoms with van der Waals surface area (Å²) in [5, 5.41) is 13.7. The molecule has 1 fully saturated rings. The van der Waals surface area contributed by atoms with Crippen LogP contribution in [0, 0.1) is 10.1 Å². The van der Waals surface area contributed by atoms with Crippen LogP contribution >= 0.6 is 31.9 Å².